The second kappa shape index (κ2) is 24.7. The Morgan fingerprint density at radius 1 is 0.776 bits per heavy atom. The zero-order valence-corrected chi connectivity index (χ0v) is 44.2. The molecule has 76 heavy (non-hydrogen) atoms. The van der Waals surface area contributed by atoms with Gasteiger partial charge in [-0.15, -0.1) is 0 Å². The van der Waals surface area contributed by atoms with Crippen LogP contribution in [0.1, 0.15) is 29.9 Å². The third-order valence-corrected chi connectivity index (χ3v) is 14.1. The van der Waals surface area contributed by atoms with Crippen LogP contribution >= 0.6 is 23.2 Å². The minimum atomic E-state index is -4.89. The molecule has 24 nitrogen and oxygen atoms in total. The lowest BCUT2D eigenvalue weighted by Gasteiger charge is -2.41. The predicted octanol–water partition coefficient (Wildman–Crippen LogP) is 2.45. The first kappa shape index (κ1) is 57.3. The number of carbonyl (C=O) groups excluding carboxylic acids is 3. The molecule has 0 bridgehead atoms. The number of aliphatic carboxylic acids is 3. The molecule has 7 rings (SSSR count). The molecule has 4 aromatic rings. The van der Waals surface area contributed by atoms with Crippen LogP contribution in [0.2, 0.25) is 10.0 Å². The maximum atomic E-state index is 14.5. The Hall–Kier alpha value is -6.42. The maximum absolute atomic E-state index is 14.5. The molecule has 0 unspecified atom stereocenters. The molecule has 3 aliphatic rings. The molecule has 3 aliphatic heterocycles. The average Bonchev–Trinajstić information content (AvgIpc) is 3.73. The quantitative estimate of drug-likeness (QED) is 0.0828. The summed E-state index contributed by atoms with van der Waals surface area (Å²) < 4.78 is 54.0. The summed E-state index contributed by atoms with van der Waals surface area (Å²) in [5.74, 6) is -6.05. The van der Waals surface area contributed by atoms with Crippen LogP contribution in [0.5, 0.6) is 11.5 Å². The number of hydrogen-bond donors (Lipinski definition) is 6. The van der Waals surface area contributed by atoms with E-state index in [4.69, 9.17) is 42.5 Å². The van der Waals surface area contributed by atoms with Crippen molar-refractivity contribution in [3.8, 4) is 39.6 Å². The van der Waals surface area contributed by atoms with Gasteiger partial charge in [0.1, 0.15) is 29.9 Å². The monoisotopic (exact) mass is 1120 g/mol. The standard InChI is InChI=1S/C49H59Cl2N9O15S/c1-49(2)29-74-16-15-59(49)48(69)45-37-27-75-40-22-39(73-3)35(21-36(40)46(37)60(54-45)34-19-31(50)18-32(51)20-34)30-5-4-6-33(17-30)52-47(68)38(28-76(70,71)72)53-41(61)23-55-7-9-56(24-42(62)63)11-13-58(26-44(66)67)14-12-57(10-8-55)25-43(64)65/h4-6,17-22,38H,7-16,23-29H2,1-3H3,(H,52,68)(H,53,61)(H,62,63)(H,64,65)(H,66,67)(H,70,71,72)/t38-/m1/s1. The van der Waals surface area contributed by atoms with Crippen molar-refractivity contribution in [1.29, 1.82) is 0 Å². The van der Waals surface area contributed by atoms with Crippen LogP contribution in [0.4, 0.5) is 5.69 Å². The fourth-order valence-electron chi connectivity index (χ4n) is 9.27. The zero-order valence-electron chi connectivity index (χ0n) is 41.9. The van der Waals surface area contributed by atoms with Gasteiger partial charge in [-0.05, 0) is 55.8 Å². The number of halogens is 2. The lowest BCUT2D eigenvalue weighted by Crippen LogP contribution is -2.55. The maximum Gasteiger partial charge on any atom is 0.317 e. The Morgan fingerprint density at radius 2 is 1.34 bits per heavy atom. The number of carboxylic acids is 3. The van der Waals surface area contributed by atoms with Gasteiger partial charge in [0, 0.05) is 97.4 Å². The molecule has 2 fully saturated rings. The van der Waals surface area contributed by atoms with Gasteiger partial charge in [-0.2, -0.15) is 13.5 Å². The van der Waals surface area contributed by atoms with E-state index in [2.05, 4.69) is 10.6 Å². The highest BCUT2D eigenvalue weighted by atomic mass is 35.5. The Labute approximate surface area is 447 Å². The number of benzene rings is 3. The number of nitrogens with zero attached hydrogens (tertiary/aromatic N) is 7. The Morgan fingerprint density at radius 3 is 1.87 bits per heavy atom. The van der Waals surface area contributed by atoms with Crippen molar-refractivity contribution < 1.29 is 71.3 Å². The van der Waals surface area contributed by atoms with E-state index in [0.717, 1.165) is 0 Å². The SMILES string of the molecule is COc1cc2c(cc1-c1cccc(NC(=O)[C@@H](CS(=O)(=O)O)NC(=O)CN3CCN(CC(=O)O)CCN(CC(=O)O)CCN(CC(=O)O)CC3)c1)-c1c(c(C(=O)N3CCOCC3(C)C)nn1-c1cc(Cl)cc(Cl)c1)CO2. The highest BCUT2D eigenvalue weighted by Gasteiger charge is 2.40. The van der Waals surface area contributed by atoms with Crippen LogP contribution in [0.3, 0.4) is 0 Å². The third kappa shape index (κ3) is 14.9. The highest BCUT2D eigenvalue weighted by molar-refractivity contribution is 7.85. The Kier molecular flexibility index (Phi) is 18.6. The average molecular weight is 1120 g/mol. The molecule has 1 atom stereocenters. The number of hydrogen-bond acceptors (Lipinski definition) is 16. The molecule has 0 spiro atoms. The van der Waals surface area contributed by atoms with Crippen molar-refractivity contribution in [3.05, 3.63) is 75.9 Å². The molecule has 3 aromatic carbocycles. The predicted molar refractivity (Wildman–Crippen MR) is 277 cm³/mol. The number of rotatable bonds is 17. The molecule has 0 aliphatic carbocycles. The van der Waals surface area contributed by atoms with Gasteiger partial charge in [0.2, 0.25) is 11.8 Å². The number of aromatic nitrogens is 2. The van der Waals surface area contributed by atoms with Crippen LogP contribution in [0.15, 0.2) is 54.6 Å². The van der Waals surface area contributed by atoms with Gasteiger partial charge in [0.05, 0.1) is 63.4 Å². The van der Waals surface area contributed by atoms with Gasteiger partial charge >= 0.3 is 17.9 Å². The van der Waals surface area contributed by atoms with Crippen LogP contribution in [-0.2, 0) is 45.4 Å². The Bertz CT molecular complexity index is 2920. The topological polar surface area (TPSA) is 303 Å². The van der Waals surface area contributed by atoms with Crippen molar-refractivity contribution in [2.75, 3.05) is 116 Å². The first-order chi connectivity index (χ1) is 36.0. The first-order valence-electron chi connectivity index (χ1n) is 24.0. The summed E-state index contributed by atoms with van der Waals surface area (Å²) in [7, 11) is -3.43. The van der Waals surface area contributed by atoms with Gasteiger partial charge in [0.25, 0.3) is 16.0 Å². The van der Waals surface area contributed by atoms with Crippen LogP contribution in [-0.4, -0.2) is 221 Å². The van der Waals surface area contributed by atoms with Crippen molar-refractivity contribution in [3.63, 3.8) is 0 Å². The van der Waals surface area contributed by atoms with Crippen molar-refractivity contribution in [2.24, 2.45) is 0 Å². The number of anilines is 1. The van der Waals surface area contributed by atoms with Crippen LogP contribution < -0.4 is 20.1 Å². The lowest BCUT2D eigenvalue weighted by molar-refractivity contribution is -0.140. The van der Waals surface area contributed by atoms with E-state index in [1.54, 1.807) is 77.7 Å². The number of morpholine rings is 1. The molecule has 2 saturated heterocycles. The zero-order chi connectivity index (χ0) is 55.1. The number of nitrogens with one attached hydrogen (secondary N) is 2. The molecular formula is C49H59Cl2N9O15S. The molecule has 27 heteroatoms. The minimum absolute atomic E-state index is 0.0287. The third-order valence-electron chi connectivity index (χ3n) is 12.9. The summed E-state index contributed by atoms with van der Waals surface area (Å²) in [5.41, 5.74) is 2.61. The molecule has 6 N–H and O–H groups in total. The molecular weight excluding hydrogens is 1060 g/mol. The highest BCUT2D eigenvalue weighted by Crippen LogP contribution is 2.47. The molecule has 0 saturated carbocycles. The first-order valence-corrected chi connectivity index (χ1v) is 26.4. The second-order valence-corrected chi connectivity index (χ2v) is 21.5. The van der Waals surface area contributed by atoms with E-state index in [1.807, 2.05) is 13.8 Å². The van der Waals surface area contributed by atoms with Crippen LogP contribution in [0.25, 0.3) is 28.1 Å². The van der Waals surface area contributed by atoms with Crippen molar-refractivity contribution in [1.82, 2.24) is 39.6 Å². The summed E-state index contributed by atoms with van der Waals surface area (Å²) in [4.78, 5) is 85.3. The molecule has 0 radical (unpaired) electrons. The van der Waals surface area contributed by atoms with E-state index in [1.165, 1.54) is 13.2 Å². The normalized spacial score (nSPS) is 17.4. The van der Waals surface area contributed by atoms with Gasteiger partial charge < -0.3 is 45.1 Å². The van der Waals surface area contributed by atoms with Gasteiger partial charge in [0.15, 0.2) is 5.69 Å². The number of ether oxygens (including phenoxy) is 3. The summed E-state index contributed by atoms with van der Waals surface area (Å²) in [6.07, 6.45) is 0. The minimum Gasteiger partial charge on any atom is -0.496 e. The summed E-state index contributed by atoms with van der Waals surface area (Å²) in [5, 5.41) is 39.3. The summed E-state index contributed by atoms with van der Waals surface area (Å²) >= 11 is 13.0. The molecule has 4 heterocycles. The summed E-state index contributed by atoms with van der Waals surface area (Å²) in [6.45, 7) is 4.03. The molecule has 1 aromatic heterocycles. The second-order valence-electron chi connectivity index (χ2n) is 19.1. The fraction of sp³-hybridized carbons (Fsp3) is 0.449. The number of carboxylic acid groups (broad SMARTS) is 3. The van der Waals surface area contributed by atoms with Gasteiger partial charge in [-0.3, -0.25) is 52.9 Å². The Balaban J connectivity index is 1.15. The lowest BCUT2D eigenvalue weighted by atomic mass is 9.95. The molecule has 410 valence electrons. The van der Waals surface area contributed by atoms with Crippen molar-refractivity contribution in [2.45, 2.75) is 32.0 Å². The van der Waals surface area contributed by atoms with Gasteiger partial charge in [-0.1, -0.05) is 35.3 Å². The number of amides is 3. The molecule has 3 amide bonds. The number of methoxy groups -OCH3 is 1. The van der Waals surface area contributed by atoms with Crippen molar-refractivity contribution >= 4 is 74.6 Å². The largest absolute Gasteiger partial charge is 0.496 e. The van der Waals surface area contributed by atoms with E-state index in [0.29, 0.717) is 74.9 Å². The van der Waals surface area contributed by atoms with Crippen LogP contribution in [0, 0.1) is 0 Å². The smallest absolute Gasteiger partial charge is 0.317 e. The number of fused-ring (bicyclic) bond motifs is 3. The number of carbonyl (C=O) groups is 6. The van der Waals surface area contributed by atoms with Gasteiger partial charge in [-0.25, -0.2) is 4.68 Å². The van der Waals surface area contributed by atoms with E-state index < -0.39 is 76.8 Å². The van der Waals surface area contributed by atoms with E-state index in [9.17, 15) is 57.1 Å². The van der Waals surface area contributed by atoms with E-state index >= 15 is 0 Å². The van der Waals surface area contributed by atoms with E-state index in [-0.39, 0.29) is 82.8 Å². The summed E-state index contributed by atoms with van der Waals surface area (Å²) in [6, 6.07) is 12.9. The fourth-order valence-corrected chi connectivity index (χ4v) is 10.4.